The topological polar surface area (TPSA) is 54.9 Å². The predicted octanol–water partition coefficient (Wildman–Crippen LogP) is 4.03. The first-order valence-corrected chi connectivity index (χ1v) is 8.56. The van der Waals surface area contributed by atoms with Crippen LogP contribution in [-0.4, -0.2) is 45.0 Å². The molecule has 0 fully saturated rings. The molecule has 156 valence electrons. The van der Waals surface area contributed by atoms with Gasteiger partial charge in [0.25, 0.3) is 0 Å². The van der Waals surface area contributed by atoms with Crippen molar-refractivity contribution in [2.24, 2.45) is 4.99 Å². The van der Waals surface area contributed by atoms with Gasteiger partial charge in [-0.2, -0.15) is 13.2 Å². The summed E-state index contributed by atoms with van der Waals surface area (Å²) in [4.78, 5) is 4.10. The molecule has 27 heavy (non-hydrogen) atoms. The molecule has 1 aromatic rings. The SMILES string of the molecule is CN=C(NCCCOCC(F)(F)F)NCc1ccc(C)cc1OC(C)C.I. The lowest BCUT2D eigenvalue weighted by Crippen LogP contribution is -2.37. The van der Waals surface area contributed by atoms with E-state index in [0.29, 0.717) is 25.5 Å². The minimum Gasteiger partial charge on any atom is -0.491 e. The summed E-state index contributed by atoms with van der Waals surface area (Å²) >= 11 is 0. The van der Waals surface area contributed by atoms with Crippen LogP contribution in [-0.2, 0) is 11.3 Å². The molecule has 0 spiro atoms. The summed E-state index contributed by atoms with van der Waals surface area (Å²) in [5.74, 6) is 1.39. The first kappa shape index (κ1) is 25.8. The molecule has 0 saturated heterocycles. The van der Waals surface area contributed by atoms with Crippen LogP contribution in [0.25, 0.3) is 0 Å². The summed E-state index contributed by atoms with van der Waals surface area (Å²) in [6.07, 6.45) is -3.76. The lowest BCUT2D eigenvalue weighted by Gasteiger charge is -2.17. The average molecular weight is 503 g/mol. The molecule has 9 heteroatoms. The van der Waals surface area contributed by atoms with E-state index in [1.807, 2.05) is 39.0 Å². The molecule has 2 N–H and O–H groups in total. The van der Waals surface area contributed by atoms with Crippen molar-refractivity contribution in [3.8, 4) is 5.75 Å². The zero-order chi connectivity index (χ0) is 19.6. The average Bonchev–Trinajstić information content (AvgIpc) is 2.53. The fraction of sp³-hybridized carbons (Fsp3) is 0.611. The molecule has 0 radical (unpaired) electrons. The summed E-state index contributed by atoms with van der Waals surface area (Å²) in [5, 5.41) is 6.22. The second-order valence-electron chi connectivity index (χ2n) is 6.15. The Hall–Kier alpha value is -1.23. The van der Waals surface area contributed by atoms with Gasteiger partial charge in [0.05, 0.1) is 6.10 Å². The molecule has 1 aromatic carbocycles. The normalized spacial score (nSPS) is 11.9. The Morgan fingerprint density at radius 1 is 1.22 bits per heavy atom. The first-order valence-electron chi connectivity index (χ1n) is 8.56. The number of alkyl halides is 3. The smallest absolute Gasteiger partial charge is 0.411 e. The van der Waals surface area contributed by atoms with Gasteiger partial charge in [-0.15, -0.1) is 24.0 Å². The van der Waals surface area contributed by atoms with E-state index in [-0.39, 0.29) is 36.7 Å². The van der Waals surface area contributed by atoms with Crippen LogP contribution in [0.3, 0.4) is 0 Å². The van der Waals surface area contributed by atoms with E-state index in [2.05, 4.69) is 20.4 Å². The molecule has 0 aliphatic carbocycles. The maximum absolute atomic E-state index is 12.0. The Morgan fingerprint density at radius 3 is 2.52 bits per heavy atom. The molecule has 0 aliphatic rings. The van der Waals surface area contributed by atoms with E-state index in [0.717, 1.165) is 16.9 Å². The number of halogens is 4. The van der Waals surface area contributed by atoms with Crippen molar-refractivity contribution >= 4 is 29.9 Å². The van der Waals surface area contributed by atoms with Crippen LogP contribution in [0.1, 0.15) is 31.4 Å². The lowest BCUT2D eigenvalue weighted by molar-refractivity contribution is -0.173. The highest BCUT2D eigenvalue weighted by Crippen LogP contribution is 2.21. The monoisotopic (exact) mass is 503 g/mol. The van der Waals surface area contributed by atoms with Gasteiger partial charge < -0.3 is 20.1 Å². The van der Waals surface area contributed by atoms with Gasteiger partial charge in [0.1, 0.15) is 12.4 Å². The van der Waals surface area contributed by atoms with E-state index in [1.165, 1.54) is 0 Å². The van der Waals surface area contributed by atoms with E-state index >= 15 is 0 Å². The van der Waals surface area contributed by atoms with E-state index in [1.54, 1.807) is 7.05 Å². The molecule has 0 saturated carbocycles. The Morgan fingerprint density at radius 2 is 1.93 bits per heavy atom. The molecule has 0 aliphatic heterocycles. The Kier molecular flexibility index (Phi) is 12.4. The fourth-order valence-corrected chi connectivity index (χ4v) is 2.14. The number of ether oxygens (including phenoxy) is 2. The van der Waals surface area contributed by atoms with Gasteiger partial charge in [-0.1, -0.05) is 12.1 Å². The van der Waals surface area contributed by atoms with E-state index < -0.39 is 12.8 Å². The standard InChI is InChI=1S/C18H28F3N3O2.HI/c1-13(2)26-16-10-14(3)6-7-15(16)11-24-17(22-4)23-8-5-9-25-12-18(19,20)21;/h6-7,10,13H,5,8-9,11-12H2,1-4H3,(H2,22,23,24);1H. The molecule has 0 unspecified atom stereocenters. The first-order chi connectivity index (χ1) is 12.2. The van der Waals surface area contributed by atoms with Gasteiger partial charge in [-0.3, -0.25) is 4.99 Å². The van der Waals surface area contributed by atoms with Gasteiger partial charge in [0, 0.05) is 32.3 Å². The molecular formula is C18H29F3IN3O2. The van der Waals surface area contributed by atoms with Crippen LogP contribution < -0.4 is 15.4 Å². The third kappa shape index (κ3) is 12.0. The number of hydrogen-bond acceptors (Lipinski definition) is 3. The summed E-state index contributed by atoms with van der Waals surface area (Å²) in [5.41, 5.74) is 2.12. The van der Waals surface area contributed by atoms with E-state index in [9.17, 15) is 13.2 Å². The highest BCUT2D eigenvalue weighted by atomic mass is 127. The van der Waals surface area contributed by atoms with Crippen LogP contribution in [0.15, 0.2) is 23.2 Å². The number of nitrogens with zero attached hydrogens (tertiary/aromatic N) is 1. The molecule has 0 heterocycles. The highest BCUT2D eigenvalue weighted by molar-refractivity contribution is 14.0. The van der Waals surface area contributed by atoms with Gasteiger partial charge >= 0.3 is 6.18 Å². The van der Waals surface area contributed by atoms with E-state index in [4.69, 9.17) is 4.74 Å². The van der Waals surface area contributed by atoms with Crippen LogP contribution >= 0.6 is 24.0 Å². The summed E-state index contributed by atoms with van der Waals surface area (Å²) < 4.78 is 46.3. The molecule has 0 bridgehead atoms. The number of guanidine groups is 1. The van der Waals surface area contributed by atoms with Crippen LogP contribution in [0.5, 0.6) is 5.75 Å². The second-order valence-corrected chi connectivity index (χ2v) is 6.15. The van der Waals surface area contributed by atoms with Crippen molar-refractivity contribution in [2.75, 3.05) is 26.8 Å². The van der Waals surface area contributed by atoms with Crippen molar-refractivity contribution in [3.05, 3.63) is 29.3 Å². The van der Waals surface area contributed by atoms with Crippen molar-refractivity contribution in [2.45, 2.75) is 46.0 Å². The molecule has 1 rings (SSSR count). The molecule has 5 nitrogen and oxygen atoms in total. The zero-order valence-electron chi connectivity index (χ0n) is 16.2. The highest BCUT2D eigenvalue weighted by Gasteiger charge is 2.27. The third-order valence-electron chi connectivity index (χ3n) is 3.28. The van der Waals surface area contributed by atoms with Crippen LogP contribution in [0.4, 0.5) is 13.2 Å². The minimum atomic E-state index is -4.28. The van der Waals surface area contributed by atoms with Crippen LogP contribution in [0.2, 0.25) is 0 Å². The third-order valence-corrected chi connectivity index (χ3v) is 3.28. The number of aryl methyl sites for hydroxylation is 1. The van der Waals surface area contributed by atoms with Gasteiger partial charge in [-0.05, 0) is 38.8 Å². The van der Waals surface area contributed by atoms with Crippen molar-refractivity contribution in [3.63, 3.8) is 0 Å². The molecular weight excluding hydrogens is 474 g/mol. The lowest BCUT2D eigenvalue weighted by atomic mass is 10.1. The Bertz CT molecular complexity index is 581. The number of nitrogens with one attached hydrogen (secondary N) is 2. The Balaban J connectivity index is 0.00000676. The zero-order valence-corrected chi connectivity index (χ0v) is 18.5. The summed E-state index contributed by atoms with van der Waals surface area (Å²) in [6, 6.07) is 6.00. The van der Waals surface area contributed by atoms with Gasteiger partial charge in [-0.25, -0.2) is 0 Å². The molecule has 0 amide bonds. The number of rotatable bonds is 9. The number of aliphatic imine (C=N–C) groups is 1. The second kappa shape index (κ2) is 13.0. The van der Waals surface area contributed by atoms with Crippen LogP contribution in [0, 0.1) is 6.92 Å². The summed E-state index contributed by atoms with van der Waals surface area (Å²) in [6.45, 7) is 5.75. The molecule has 0 atom stereocenters. The Labute approximate surface area is 176 Å². The quantitative estimate of drug-likeness (QED) is 0.231. The predicted molar refractivity (Wildman–Crippen MR) is 112 cm³/mol. The van der Waals surface area contributed by atoms with Crippen molar-refractivity contribution < 1.29 is 22.6 Å². The molecule has 0 aromatic heterocycles. The number of hydrogen-bond donors (Lipinski definition) is 2. The van der Waals surface area contributed by atoms with Crippen molar-refractivity contribution in [1.82, 2.24) is 10.6 Å². The summed E-state index contributed by atoms with van der Waals surface area (Å²) in [7, 11) is 1.64. The maximum atomic E-state index is 12.0. The minimum absolute atomic E-state index is 0. The maximum Gasteiger partial charge on any atom is 0.411 e. The number of benzene rings is 1. The fourth-order valence-electron chi connectivity index (χ4n) is 2.14. The largest absolute Gasteiger partial charge is 0.491 e. The van der Waals surface area contributed by atoms with Gasteiger partial charge in [0.2, 0.25) is 0 Å². The van der Waals surface area contributed by atoms with Gasteiger partial charge in [0.15, 0.2) is 5.96 Å². The van der Waals surface area contributed by atoms with Crippen molar-refractivity contribution in [1.29, 1.82) is 0 Å².